The summed E-state index contributed by atoms with van der Waals surface area (Å²) in [6.07, 6.45) is 7.76. The van der Waals surface area contributed by atoms with E-state index in [9.17, 15) is 14.3 Å². The summed E-state index contributed by atoms with van der Waals surface area (Å²) in [4.78, 5) is 12.1. The van der Waals surface area contributed by atoms with Gasteiger partial charge in [-0.2, -0.15) is 5.10 Å². The van der Waals surface area contributed by atoms with E-state index in [1.807, 2.05) is 35.1 Å². The van der Waals surface area contributed by atoms with Crippen LogP contribution in [-0.2, 0) is 11.2 Å². The topological polar surface area (TPSA) is 67.2 Å². The van der Waals surface area contributed by atoms with Gasteiger partial charge in [0.05, 0.1) is 23.6 Å². The Morgan fingerprint density at radius 2 is 2.12 bits per heavy atom. The zero-order valence-electron chi connectivity index (χ0n) is 19.0. The van der Waals surface area contributed by atoms with E-state index in [0.29, 0.717) is 10.9 Å². The van der Waals surface area contributed by atoms with E-state index in [-0.39, 0.29) is 17.3 Å². The fourth-order valence-corrected chi connectivity index (χ4v) is 5.82. The van der Waals surface area contributed by atoms with Gasteiger partial charge in [-0.25, -0.2) is 9.07 Å². The van der Waals surface area contributed by atoms with Gasteiger partial charge in [0.2, 0.25) is 5.91 Å². The van der Waals surface area contributed by atoms with Crippen LogP contribution in [0.1, 0.15) is 49.0 Å². The molecular formula is C27H27ClFN3O2. The highest BCUT2D eigenvalue weighted by atomic mass is 35.5. The first-order chi connectivity index (χ1) is 16.4. The van der Waals surface area contributed by atoms with Crippen LogP contribution in [0.2, 0.25) is 5.02 Å². The number of halogens is 2. The summed E-state index contributed by atoms with van der Waals surface area (Å²) in [5.74, 6) is -0.323. The number of fused-ring (bicyclic) bond motifs is 2. The molecule has 1 aromatic heterocycles. The van der Waals surface area contributed by atoms with Crippen molar-refractivity contribution >= 4 is 23.6 Å². The Hall–Kier alpha value is -2.96. The van der Waals surface area contributed by atoms with Crippen LogP contribution in [0.5, 0.6) is 0 Å². The molecule has 1 fully saturated rings. The second-order valence-corrected chi connectivity index (χ2v) is 9.95. The molecule has 0 bridgehead atoms. The second kappa shape index (κ2) is 9.01. The molecule has 7 heteroatoms. The van der Waals surface area contributed by atoms with Crippen LogP contribution in [-0.4, -0.2) is 27.4 Å². The highest BCUT2D eigenvalue weighted by Crippen LogP contribution is 2.55. The molecular weight excluding hydrogens is 453 g/mol. The molecule has 2 aromatic carbocycles. The van der Waals surface area contributed by atoms with Gasteiger partial charge in [0.15, 0.2) is 0 Å². The number of aromatic nitrogens is 2. The fourth-order valence-electron chi connectivity index (χ4n) is 5.63. The van der Waals surface area contributed by atoms with Crippen molar-refractivity contribution in [2.24, 2.45) is 11.3 Å². The molecule has 1 heterocycles. The molecule has 5 rings (SSSR count). The Balaban J connectivity index is 1.43. The number of hydrogen-bond donors (Lipinski definition) is 2. The molecule has 1 saturated carbocycles. The molecule has 0 aliphatic heterocycles. The molecule has 0 radical (unpaired) electrons. The van der Waals surface area contributed by atoms with Crippen LogP contribution >= 0.6 is 11.6 Å². The van der Waals surface area contributed by atoms with Crippen molar-refractivity contribution in [1.29, 1.82) is 0 Å². The van der Waals surface area contributed by atoms with Gasteiger partial charge in [-0.05, 0) is 90.6 Å². The molecule has 34 heavy (non-hydrogen) atoms. The highest BCUT2D eigenvalue weighted by Gasteiger charge is 2.46. The Bertz CT molecular complexity index is 1250. The summed E-state index contributed by atoms with van der Waals surface area (Å²) < 4.78 is 15.3. The Morgan fingerprint density at radius 1 is 1.32 bits per heavy atom. The minimum Gasteiger partial charge on any atom is -0.387 e. The molecule has 2 aliphatic carbocycles. The van der Waals surface area contributed by atoms with Gasteiger partial charge in [-0.1, -0.05) is 36.2 Å². The van der Waals surface area contributed by atoms with E-state index in [0.717, 1.165) is 42.6 Å². The summed E-state index contributed by atoms with van der Waals surface area (Å²) in [6, 6.07) is 13.7. The zero-order valence-corrected chi connectivity index (χ0v) is 19.7. The summed E-state index contributed by atoms with van der Waals surface area (Å²) >= 11 is 6.23. The fraction of sp³-hybridized carbons (Fsp3) is 0.333. The molecule has 176 valence electrons. The number of rotatable bonds is 6. The number of carbonyl (C=O) groups excluding carboxylic acids is 1. The van der Waals surface area contributed by atoms with Crippen LogP contribution in [0.3, 0.4) is 0 Å². The standard InChI is InChI=1S/C27H27ClFN3O2/c1-27-14-18-15-30-32(23-9-7-22(29)8-10-23)25(18)13-20(27)6-5-19(27)12-24(31-26(34)16-33)17-3-2-4-21(28)11-17/h2-4,7-11,13,15,19,24,33H,5-6,12,14,16H2,1H3,(H,31,34)/t19-,24?,27-/m1/s1. The second-order valence-electron chi connectivity index (χ2n) is 9.51. The molecule has 3 atom stereocenters. The van der Waals surface area contributed by atoms with Gasteiger partial charge in [-0.15, -0.1) is 0 Å². The lowest BCUT2D eigenvalue weighted by molar-refractivity contribution is -0.124. The summed E-state index contributed by atoms with van der Waals surface area (Å²) in [5.41, 5.74) is 5.33. The maximum atomic E-state index is 13.4. The highest BCUT2D eigenvalue weighted by molar-refractivity contribution is 6.30. The van der Waals surface area contributed by atoms with Crippen LogP contribution in [0, 0.1) is 17.2 Å². The van der Waals surface area contributed by atoms with Crippen molar-refractivity contribution in [1.82, 2.24) is 15.1 Å². The number of carbonyl (C=O) groups is 1. The monoisotopic (exact) mass is 479 g/mol. The normalized spacial score (nSPS) is 22.0. The van der Waals surface area contributed by atoms with Gasteiger partial charge in [0, 0.05) is 5.02 Å². The third kappa shape index (κ3) is 4.17. The lowest BCUT2D eigenvalue weighted by atomic mass is 9.68. The van der Waals surface area contributed by atoms with Crippen LogP contribution in [0.25, 0.3) is 11.8 Å². The van der Waals surface area contributed by atoms with E-state index in [1.54, 1.807) is 12.1 Å². The molecule has 2 aliphatic rings. The van der Waals surface area contributed by atoms with E-state index < -0.39 is 12.5 Å². The van der Waals surface area contributed by atoms with Gasteiger partial charge in [0.25, 0.3) is 0 Å². The van der Waals surface area contributed by atoms with Gasteiger partial charge in [0.1, 0.15) is 12.4 Å². The van der Waals surface area contributed by atoms with E-state index >= 15 is 0 Å². The SMILES string of the molecule is C[C@]12Cc3cnn(-c4ccc(F)cc4)c3C=C1CC[C@@H]2CC(NC(=O)CO)c1cccc(Cl)c1. The molecule has 0 spiro atoms. The third-order valence-corrected chi connectivity index (χ3v) is 7.71. The van der Waals surface area contributed by atoms with Crippen molar-refractivity contribution in [2.75, 3.05) is 6.61 Å². The number of aliphatic hydroxyl groups is 1. The van der Waals surface area contributed by atoms with E-state index in [1.165, 1.54) is 23.3 Å². The van der Waals surface area contributed by atoms with Crippen molar-refractivity contribution < 1.29 is 14.3 Å². The van der Waals surface area contributed by atoms with Crippen LogP contribution in [0.15, 0.2) is 60.3 Å². The number of hydrogen-bond acceptors (Lipinski definition) is 3. The van der Waals surface area contributed by atoms with Crippen molar-refractivity contribution in [3.8, 4) is 5.69 Å². The molecule has 1 unspecified atom stereocenters. The summed E-state index contributed by atoms with van der Waals surface area (Å²) in [5, 5.41) is 17.5. The quantitative estimate of drug-likeness (QED) is 0.506. The maximum Gasteiger partial charge on any atom is 0.246 e. The van der Waals surface area contributed by atoms with Crippen LogP contribution < -0.4 is 5.32 Å². The molecule has 1 amide bonds. The third-order valence-electron chi connectivity index (χ3n) is 7.47. The van der Waals surface area contributed by atoms with E-state index in [4.69, 9.17) is 11.6 Å². The summed E-state index contributed by atoms with van der Waals surface area (Å²) in [7, 11) is 0. The van der Waals surface area contributed by atoms with Gasteiger partial charge < -0.3 is 10.4 Å². The minimum atomic E-state index is -0.546. The predicted molar refractivity (Wildman–Crippen MR) is 130 cm³/mol. The molecule has 5 nitrogen and oxygen atoms in total. The van der Waals surface area contributed by atoms with E-state index in [2.05, 4.69) is 23.4 Å². The first kappa shape index (κ1) is 22.8. The Kier molecular flexibility index (Phi) is 6.04. The number of nitrogens with one attached hydrogen (secondary N) is 1. The first-order valence-electron chi connectivity index (χ1n) is 11.6. The lowest BCUT2D eigenvalue weighted by Gasteiger charge is -2.37. The molecule has 3 aromatic rings. The minimum absolute atomic E-state index is 0.0512. The molecule has 0 saturated heterocycles. The Labute approximate surface area is 203 Å². The van der Waals surface area contributed by atoms with Crippen molar-refractivity contribution in [3.63, 3.8) is 0 Å². The average Bonchev–Trinajstić information content (AvgIpc) is 3.37. The lowest BCUT2D eigenvalue weighted by Crippen LogP contribution is -2.35. The first-order valence-corrected chi connectivity index (χ1v) is 11.9. The average molecular weight is 480 g/mol. The number of aliphatic hydroxyl groups excluding tert-OH is 1. The zero-order chi connectivity index (χ0) is 23.9. The number of amides is 1. The largest absolute Gasteiger partial charge is 0.387 e. The number of nitrogens with zero attached hydrogens (tertiary/aromatic N) is 2. The van der Waals surface area contributed by atoms with Gasteiger partial charge in [-0.3, -0.25) is 4.79 Å². The maximum absolute atomic E-state index is 13.4. The van der Waals surface area contributed by atoms with Gasteiger partial charge >= 0.3 is 0 Å². The van der Waals surface area contributed by atoms with Crippen LogP contribution in [0.4, 0.5) is 4.39 Å². The number of benzene rings is 2. The van der Waals surface area contributed by atoms with Crippen molar-refractivity contribution in [3.05, 3.63) is 88.0 Å². The Morgan fingerprint density at radius 3 is 2.85 bits per heavy atom. The predicted octanol–water partition coefficient (Wildman–Crippen LogP) is 5.26. The molecule has 2 N–H and O–H groups in total. The smallest absolute Gasteiger partial charge is 0.246 e. The summed E-state index contributed by atoms with van der Waals surface area (Å²) in [6.45, 7) is 1.76. The number of allylic oxidation sites excluding steroid dienone is 1. The van der Waals surface area contributed by atoms with Crippen molar-refractivity contribution in [2.45, 2.75) is 38.6 Å².